The fraction of sp³-hybridized carbons (Fsp3) is 0.190. The maximum Gasteiger partial charge on any atom is 0.258 e. The number of hydrogen-bond acceptors (Lipinski definition) is 5. The summed E-state index contributed by atoms with van der Waals surface area (Å²) in [5.74, 6) is -1.48. The third-order valence-corrected chi connectivity index (χ3v) is 4.60. The molecule has 148 valence electrons. The smallest absolute Gasteiger partial charge is 0.258 e. The first kappa shape index (κ1) is 18.9. The number of morpholine rings is 1. The van der Waals surface area contributed by atoms with E-state index in [9.17, 15) is 13.6 Å². The van der Waals surface area contributed by atoms with E-state index in [2.05, 4.69) is 20.4 Å². The van der Waals surface area contributed by atoms with E-state index in [0.29, 0.717) is 30.7 Å². The SMILES string of the molecule is O=C(Nc1ccc(-c2ccc(N3CCOCC3)nn2)cc1)c1ccc(F)cc1F. The molecule has 3 aromatic rings. The molecule has 0 radical (unpaired) electrons. The van der Waals surface area contributed by atoms with Crippen LogP contribution in [0.25, 0.3) is 11.3 Å². The number of aromatic nitrogens is 2. The number of benzene rings is 2. The number of carbonyl (C=O) groups excluding carboxylic acids is 1. The van der Waals surface area contributed by atoms with Gasteiger partial charge in [0.2, 0.25) is 0 Å². The number of amides is 1. The zero-order valence-corrected chi connectivity index (χ0v) is 15.4. The molecule has 1 saturated heterocycles. The Balaban J connectivity index is 1.44. The zero-order valence-electron chi connectivity index (χ0n) is 15.4. The van der Waals surface area contributed by atoms with Crippen LogP contribution in [0.2, 0.25) is 0 Å². The summed E-state index contributed by atoms with van der Waals surface area (Å²) in [6.45, 7) is 2.94. The minimum atomic E-state index is -0.908. The first-order valence-corrected chi connectivity index (χ1v) is 9.13. The Morgan fingerprint density at radius 3 is 2.38 bits per heavy atom. The molecule has 0 spiro atoms. The average molecular weight is 396 g/mol. The predicted molar refractivity (Wildman–Crippen MR) is 105 cm³/mol. The lowest BCUT2D eigenvalue weighted by Gasteiger charge is -2.27. The van der Waals surface area contributed by atoms with Crippen LogP contribution in [0, 0.1) is 11.6 Å². The Bertz CT molecular complexity index is 1000. The summed E-state index contributed by atoms with van der Waals surface area (Å²) < 4.78 is 32.0. The van der Waals surface area contributed by atoms with Crippen molar-refractivity contribution in [2.24, 2.45) is 0 Å². The molecule has 0 atom stereocenters. The van der Waals surface area contributed by atoms with Crippen LogP contribution < -0.4 is 10.2 Å². The normalized spacial score (nSPS) is 13.9. The number of hydrogen-bond donors (Lipinski definition) is 1. The highest BCUT2D eigenvalue weighted by Gasteiger charge is 2.14. The van der Waals surface area contributed by atoms with Gasteiger partial charge in [0.05, 0.1) is 24.5 Å². The predicted octanol–water partition coefficient (Wildman–Crippen LogP) is 3.51. The van der Waals surface area contributed by atoms with Crippen molar-refractivity contribution >= 4 is 17.4 Å². The van der Waals surface area contributed by atoms with Crippen molar-refractivity contribution in [1.82, 2.24) is 10.2 Å². The lowest BCUT2D eigenvalue weighted by molar-refractivity contribution is 0.102. The Morgan fingerprint density at radius 1 is 0.966 bits per heavy atom. The van der Waals surface area contributed by atoms with Crippen LogP contribution in [0.4, 0.5) is 20.3 Å². The highest BCUT2D eigenvalue weighted by molar-refractivity contribution is 6.04. The van der Waals surface area contributed by atoms with Gasteiger partial charge in [-0.3, -0.25) is 4.79 Å². The van der Waals surface area contributed by atoms with Crippen molar-refractivity contribution in [2.75, 3.05) is 36.5 Å². The van der Waals surface area contributed by atoms with E-state index in [-0.39, 0.29) is 5.56 Å². The molecule has 6 nitrogen and oxygen atoms in total. The number of nitrogens with zero attached hydrogens (tertiary/aromatic N) is 3. The number of halogens is 2. The second kappa shape index (κ2) is 8.32. The van der Waals surface area contributed by atoms with Gasteiger partial charge in [0.1, 0.15) is 11.6 Å². The van der Waals surface area contributed by atoms with Gasteiger partial charge in [0, 0.05) is 30.4 Å². The first-order chi connectivity index (χ1) is 14.1. The molecular weight excluding hydrogens is 378 g/mol. The van der Waals surface area contributed by atoms with E-state index < -0.39 is 17.5 Å². The third kappa shape index (κ3) is 4.38. The molecule has 1 aliphatic rings. The van der Waals surface area contributed by atoms with E-state index in [1.54, 1.807) is 24.3 Å². The summed E-state index contributed by atoms with van der Waals surface area (Å²) in [5.41, 5.74) is 1.79. The molecule has 0 aliphatic carbocycles. The molecule has 8 heteroatoms. The van der Waals surface area contributed by atoms with Gasteiger partial charge in [-0.15, -0.1) is 10.2 Å². The molecule has 1 aliphatic heterocycles. The second-order valence-electron chi connectivity index (χ2n) is 6.53. The van der Waals surface area contributed by atoms with Crippen LogP contribution in [0.3, 0.4) is 0 Å². The Morgan fingerprint density at radius 2 is 1.72 bits per heavy atom. The maximum atomic E-state index is 13.7. The third-order valence-electron chi connectivity index (χ3n) is 4.60. The highest BCUT2D eigenvalue weighted by Crippen LogP contribution is 2.22. The van der Waals surface area contributed by atoms with Crippen molar-refractivity contribution in [2.45, 2.75) is 0 Å². The largest absolute Gasteiger partial charge is 0.378 e. The lowest BCUT2D eigenvalue weighted by Crippen LogP contribution is -2.36. The summed E-state index contributed by atoms with van der Waals surface area (Å²) in [6, 6.07) is 13.6. The lowest BCUT2D eigenvalue weighted by atomic mass is 10.1. The van der Waals surface area contributed by atoms with Gasteiger partial charge in [-0.25, -0.2) is 8.78 Å². The highest BCUT2D eigenvalue weighted by atomic mass is 19.1. The average Bonchev–Trinajstić information content (AvgIpc) is 2.75. The molecule has 0 saturated carbocycles. The molecule has 4 rings (SSSR count). The van der Waals surface area contributed by atoms with Crippen molar-refractivity contribution in [3.63, 3.8) is 0 Å². The Hall–Kier alpha value is -3.39. The van der Waals surface area contributed by atoms with Gasteiger partial charge in [-0.1, -0.05) is 12.1 Å². The van der Waals surface area contributed by atoms with Crippen LogP contribution in [-0.2, 0) is 4.74 Å². The van der Waals surface area contributed by atoms with Crippen LogP contribution in [0.1, 0.15) is 10.4 Å². The number of nitrogens with one attached hydrogen (secondary N) is 1. The second-order valence-corrected chi connectivity index (χ2v) is 6.53. The number of carbonyl (C=O) groups is 1. The van der Waals surface area contributed by atoms with Crippen molar-refractivity contribution < 1.29 is 18.3 Å². The van der Waals surface area contributed by atoms with E-state index in [4.69, 9.17) is 4.74 Å². The molecule has 1 aromatic heterocycles. The minimum Gasteiger partial charge on any atom is -0.378 e. The van der Waals surface area contributed by atoms with Gasteiger partial charge >= 0.3 is 0 Å². The molecule has 29 heavy (non-hydrogen) atoms. The fourth-order valence-electron chi connectivity index (χ4n) is 3.04. The maximum absolute atomic E-state index is 13.7. The van der Waals surface area contributed by atoms with Gasteiger partial charge in [-0.2, -0.15) is 0 Å². The van der Waals surface area contributed by atoms with Crippen molar-refractivity contribution in [3.8, 4) is 11.3 Å². The van der Waals surface area contributed by atoms with Crippen molar-refractivity contribution in [3.05, 3.63) is 71.8 Å². The first-order valence-electron chi connectivity index (χ1n) is 9.13. The summed E-state index contributed by atoms with van der Waals surface area (Å²) in [6.07, 6.45) is 0. The monoisotopic (exact) mass is 396 g/mol. The number of rotatable bonds is 4. The molecule has 2 aromatic carbocycles. The summed E-state index contributed by atoms with van der Waals surface area (Å²) in [4.78, 5) is 14.3. The molecule has 0 bridgehead atoms. The zero-order chi connectivity index (χ0) is 20.2. The molecule has 2 heterocycles. The van der Waals surface area contributed by atoms with Gasteiger partial charge in [0.25, 0.3) is 5.91 Å². The van der Waals surface area contributed by atoms with Crippen LogP contribution in [0.15, 0.2) is 54.6 Å². The van der Waals surface area contributed by atoms with E-state index in [1.807, 2.05) is 12.1 Å². The molecule has 1 N–H and O–H groups in total. The molecule has 1 amide bonds. The van der Waals surface area contributed by atoms with Gasteiger partial charge in [-0.05, 0) is 36.4 Å². The Labute approximate surface area is 166 Å². The standard InChI is InChI=1S/C21H18F2N4O2/c22-15-3-6-17(18(23)13-15)21(28)24-16-4-1-14(2-5-16)19-7-8-20(26-25-19)27-9-11-29-12-10-27/h1-8,13H,9-12H2,(H,24,28). The van der Waals surface area contributed by atoms with E-state index in [1.165, 1.54) is 0 Å². The summed E-state index contributed by atoms with van der Waals surface area (Å²) in [7, 11) is 0. The van der Waals surface area contributed by atoms with Crippen LogP contribution in [0.5, 0.6) is 0 Å². The van der Waals surface area contributed by atoms with Crippen LogP contribution in [-0.4, -0.2) is 42.4 Å². The fourth-order valence-corrected chi connectivity index (χ4v) is 3.04. The minimum absolute atomic E-state index is 0.222. The molecule has 1 fully saturated rings. The summed E-state index contributed by atoms with van der Waals surface area (Å²) in [5, 5.41) is 11.2. The van der Waals surface area contributed by atoms with Crippen molar-refractivity contribution in [1.29, 1.82) is 0 Å². The number of ether oxygens (including phenoxy) is 1. The van der Waals surface area contributed by atoms with E-state index >= 15 is 0 Å². The number of anilines is 2. The summed E-state index contributed by atoms with van der Waals surface area (Å²) >= 11 is 0. The quantitative estimate of drug-likeness (QED) is 0.731. The molecule has 0 unspecified atom stereocenters. The topological polar surface area (TPSA) is 67.4 Å². The van der Waals surface area contributed by atoms with Gasteiger partial charge < -0.3 is 15.0 Å². The van der Waals surface area contributed by atoms with Crippen LogP contribution >= 0.6 is 0 Å². The molecular formula is C21H18F2N4O2. The van der Waals surface area contributed by atoms with Gasteiger partial charge in [0.15, 0.2) is 5.82 Å². The Kier molecular flexibility index (Phi) is 5.44. The van der Waals surface area contributed by atoms with E-state index in [0.717, 1.165) is 36.6 Å².